The number of aryl methyl sites for hydroxylation is 1. The van der Waals surface area contributed by atoms with Crippen LogP contribution in [0.4, 0.5) is 0 Å². The van der Waals surface area contributed by atoms with E-state index in [1.807, 2.05) is 47.0 Å². The van der Waals surface area contributed by atoms with Crippen molar-refractivity contribution in [3.63, 3.8) is 0 Å². The number of aldehydes is 1. The molecule has 3 rings (SSSR count). The zero-order valence-electron chi connectivity index (χ0n) is 11.1. The first-order chi connectivity index (χ1) is 9.72. The van der Waals surface area contributed by atoms with E-state index >= 15 is 0 Å². The van der Waals surface area contributed by atoms with Crippen molar-refractivity contribution < 1.29 is 4.79 Å². The molecule has 0 aliphatic heterocycles. The Hall–Kier alpha value is -2.06. The van der Waals surface area contributed by atoms with Crippen LogP contribution in [0.2, 0.25) is 5.02 Å². The van der Waals surface area contributed by atoms with Gasteiger partial charge in [0, 0.05) is 22.3 Å². The van der Waals surface area contributed by atoms with E-state index < -0.39 is 0 Å². The molecule has 100 valence electrons. The van der Waals surface area contributed by atoms with Gasteiger partial charge in [-0.05, 0) is 41.8 Å². The van der Waals surface area contributed by atoms with Gasteiger partial charge in [-0.15, -0.1) is 0 Å². The quantitative estimate of drug-likeness (QED) is 0.642. The van der Waals surface area contributed by atoms with Gasteiger partial charge in [0.15, 0.2) is 6.29 Å². The van der Waals surface area contributed by atoms with Gasteiger partial charge in [0.2, 0.25) is 0 Å². The lowest BCUT2D eigenvalue weighted by Crippen LogP contribution is -1.94. The molecule has 2 aromatic heterocycles. The molecule has 0 aliphatic rings. The molecule has 0 fully saturated rings. The molecule has 1 aromatic carbocycles. The number of carbonyl (C=O) groups is 1. The van der Waals surface area contributed by atoms with E-state index in [9.17, 15) is 4.79 Å². The molecular weight excluding hydrogens is 270 g/mol. The Bertz CT molecular complexity index is 772. The highest BCUT2D eigenvalue weighted by Gasteiger charge is 2.11. The topological polar surface area (TPSA) is 21.5 Å². The first-order valence-electron chi connectivity index (χ1n) is 6.58. The smallest absolute Gasteiger partial charge is 0.167 e. The highest BCUT2D eigenvalue weighted by Crippen LogP contribution is 2.28. The van der Waals surface area contributed by atoms with Crippen LogP contribution in [0.25, 0.3) is 16.6 Å². The highest BCUT2D eigenvalue weighted by atomic mass is 35.5. The monoisotopic (exact) mass is 283 g/mol. The molecule has 0 radical (unpaired) electrons. The van der Waals surface area contributed by atoms with Crippen LogP contribution < -0.4 is 0 Å². The van der Waals surface area contributed by atoms with Crippen LogP contribution >= 0.6 is 11.6 Å². The molecule has 20 heavy (non-hydrogen) atoms. The summed E-state index contributed by atoms with van der Waals surface area (Å²) < 4.78 is 1.95. The van der Waals surface area contributed by atoms with Gasteiger partial charge in [0.25, 0.3) is 0 Å². The molecule has 3 heteroatoms. The van der Waals surface area contributed by atoms with Crippen molar-refractivity contribution >= 4 is 23.4 Å². The number of benzene rings is 1. The fourth-order valence-corrected chi connectivity index (χ4v) is 2.55. The Morgan fingerprint density at radius 2 is 1.90 bits per heavy atom. The second kappa shape index (κ2) is 5.14. The van der Waals surface area contributed by atoms with Gasteiger partial charge >= 0.3 is 0 Å². The summed E-state index contributed by atoms with van der Waals surface area (Å²) in [5.74, 6) is 0. The van der Waals surface area contributed by atoms with Gasteiger partial charge in [0.1, 0.15) is 0 Å². The van der Waals surface area contributed by atoms with Gasteiger partial charge in [-0.25, -0.2) is 0 Å². The third kappa shape index (κ3) is 2.12. The Morgan fingerprint density at radius 3 is 2.55 bits per heavy atom. The number of rotatable bonds is 3. The summed E-state index contributed by atoms with van der Waals surface area (Å²) in [6.07, 6.45) is 3.89. The average Bonchev–Trinajstić information content (AvgIpc) is 2.85. The number of fused-ring (bicyclic) bond motifs is 1. The normalized spacial score (nSPS) is 10.9. The van der Waals surface area contributed by atoms with Crippen LogP contribution in [0.3, 0.4) is 0 Å². The first-order valence-corrected chi connectivity index (χ1v) is 6.96. The van der Waals surface area contributed by atoms with Crippen LogP contribution in [0.5, 0.6) is 0 Å². The largest absolute Gasteiger partial charge is 0.313 e. The number of halogens is 1. The minimum atomic E-state index is 0.678. The predicted octanol–water partition coefficient (Wildman–Crippen LogP) is 4.63. The van der Waals surface area contributed by atoms with Gasteiger partial charge in [0.05, 0.1) is 5.69 Å². The van der Waals surface area contributed by atoms with Crippen LogP contribution in [0, 0.1) is 0 Å². The molecule has 0 saturated carbocycles. The lowest BCUT2D eigenvalue weighted by Gasteiger charge is -2.02. The number of pyridine rings is 1. The molecule has 0 unspecified atom stereocenters. The van der Waals surface area contributed by atoms with Crippen LogP contribution in [-0.2, 0) is 6.42 Å². The van der Waals surface area contributed by atoms with Gasteiger partial charge in [-0.1, -0.05) is 36.7 Å². The molecule has 3 aromatic rings. The van der Waals surface area contributed by atoms with E-state index in [0.717, 1.165) is 29.4 Å². The summed E-state index contributed by atoms with van der Waals surface area (Å²) in [6, 6.07) is 13.7. The minimum absolute atomic E-state index is 0.678. The number of hydrogen-bond donors (Lipinski definition) is 0. The maximum atomic E-state index is 11.5. The lowest BCUT2D eigenvalue weighted by molar-refractivity contribution is 0.111. The Morgan fingerprint density at radius 1 is 1.15 bits per heavy atom. The molecule has 2 nitrogen and oxygen atoms in total. The van der Waals surface area contributed by atoms with E-state index in [-0.39, 0.29) is 0 Å². The lowest BCUT2D eigenvalue weighted by atomic mass is 10.1. The van der Waals surface area contributed by atoms with E-state index in [2.05, 4.69) is 13.0 Å². The van der Waals surface area contributed by atoms with Crippen molar-refractivity contribution in [3.8, 4) is 11.1 Å². The zero-order chi connectivity index (χ0) is 14.1. The third-order valence-corrected chi connectivity index (χ3v) is 3.80. The molecule has 0 N–H and O–H groups in total. The zero-order valence-corrected chi connectivity index (χ0v) is 11.9. The molecule has 0 atom stereocenters. The number of aromatic nitrogens is 1. The summed E-state index contributed by atoms with van der Waals surface area (Å²) >= 11 is 5.92. The van der Waals surface area contributed by atoms with Crippen molar-refractivity contribution in [2.75, 3.05) is 0 Å². The number of carbonyl (C=O) groups excluding carboxylic acids is 1. The first kappa shape index (κ1) is 12.9. The standard InChI is InChI=1S/C17H14ClNO/c1-2-12-3-8-15-9-16(17(11-20)19(15)10-12)13-4-6-14(18)7-5-13/h3-11H,2H2,1H3. The van der Waals surface area contributed by atoms with E-state index in [4.69, 9.17) is 11.6 Å². The summed E-state index contributed by atoms with van der Waals surface area (Å²) in [5.41, 5.74) is 4.84. The molecular formula is C17H14ClNO. The van der Waals surface area contributed by atoms with Gasteiger partial charge in [-0.2, -0.15) is 0 Å². The number of hydrogen-bond acceptors (Lipinski definition) is 1. The summed E-state index contributed by atoms with van der Waals surface area (Å²) in [4.78, 5) is 11.5. The fourth-order valence-electron chi connectivity index (χ4n) is 2.42. The fraction of sp³-hybridized carbons (Fsp3) is 0.118. The SMILES string of the molecule is CCc1ccc2cc(-c3ccc(Cl)cc3)c(C=O)n2c1. The van der Waals surface area contributed by atoms with Crippen LogP contribution in [0.1, 0.15) is 23.0 Å². The summed E-state index contributed by atoms with van der Waals surface area (Å²) in [6.45, 7) is 2.10. The van der Waals surface area contributed by atoms with Crippen molar-refractivity contribution in [2.45, 2.75) is 13.3 Å². The highest BCUT2D eigenvalue weighted by molar-refractivity contribution is 6.30. The molecule has 0 amide bonds. The minimum Gasteiger partial charge on any atom is -0.313 e. The Labute approximate surface area is 122 Å². The number of nitrogens with zero attached hydrogens (tertiary/aromatic N) is 1. The summed E-state index contributed by atoms with van der Waals surface area (Å²) in [5, 5.41) is 0.693. The maximum Gasteiger partial charge on any atom is 0.167 e. The third-order valence-electron chi connectivity index (χ3n) is 3.54. The molecule has 2 heterocycles. The average molecular weight is 284 g/mol. The van der Waals surface area contributed by atoms with Crippen molar-refractivity contribution in [2.24, 2.45) is 0 Å². The van der Waals surface area contributed by atoms with E-state index in [0.29, 0.717) is 10.7 Å². The Balaban J connectivity index is 2.25. The second-order valence-corrected chi connectivity index (χ2v) is 5.19. The molecule has 0 saturated heterocycles. The Kier molecular flexibility index (Phi) is 3.33. The molecule has 0 aliphatic carbocycles. The maximum absolute atomic E-state index is 11.5. The van der Waals surface area contributed by atoms with Gasteiger partial charge in [-0.3, -0.25) is 4.79 Å². The van der Waals surface area contributed by atoms with Crippen molar-refractivity contribution in [1.29, 1.82) is 0 Å². The summed E-state index contributed by atoms with van der Waals surface area (Å²) in [7, 11) is 0. The van der Waals surface area contributed by atoms with Crippen LogP contribution in [-0.4, -0.2) is 10.7 Å². The van der Waals surface area contributed by atoms with E-state index in [1.54, 1.807) is 0 Å². The van der Waals surface area contributed by atoms with Gasteiger partial charge < -0.3 is 4.40 Å². The predicted molar refractivity (Wildman–Crippen MR) is 82.6 cm³/mol. The second-order valence-electron chi connectivity index (χ2n) is 4.75. The van der Waals surface area contributed by atoms with Crippen molar-refractivity contribution in [1.82, 2.24) is 4.40 Å². The van der Waals surface area contributed by atoms with Crippen LogP contribution in [0.15, 0.2) is 48.7 Å². The molecule has 0 spiro atoms. The van der Waals surface area contributed by atoms with Crippen molar-refractivity contribution in [3.05, 3.63) is 64.9 Å². The van der Waals surface area contributed by atoms with E-state index in [1.165, 1.54) is 5.56 Å². The molecule has 0 bridgehead atoms.